The molecule has 1 amide bonds. The average molecular weight is 215 g/mol. The zero-order valence-corrected chi connectivity index (χ0v) is 10.4. The normalized spacial score (nSPS) is 13.5. The molecule has 0 aromatic heterocycles. The molecule has 0 heterocycles. The minimum absolute atomic E-state index is 0.228. The van der Waals surface area contributed by atoms with E-state index in [2.05, 4.69) is 31.0 Å². The second-order valence-electron chi connectivity index (χ2n) is 4.26. The van der Waals surface area contributed by atoms with Crippen LogP contribution in [-0.4, -0.2) is 43.0 Å². The first-order chi connectivity index (χ1) is 7.01. The maximum atomic E-state index is 11.2. The van der Waals surface area contributed by atoms with Gasteiger partial charge in [0.05, 0.1) is 6.04 Å². The number of carbonyl (C=O) groups is 1. The molecule has 0 radical (unpaired) electrons. The number of hydrogen-bond acceptors (Lipinski definition) is 3. The number of rotatable bonds is 8. The van der Waals surface area contributed by atoms with Crippen LogP contribution in [0.5, 0.6) is 0 Å². The van der Waals surface area contributed by atoms with Crippen LogP contribution in [0.1, 0.15) is 27.7 Å². The highest BCUT2D eigenvalue weighted by Gasteiger charge is 2.17. The fraction of sp³-hybridized carbons (Fsp3) is 0.909. The first kappa shape index (κ1) is 14.4. The molecule has 0 saturated heterocycles. The largest absolute Gasteiger partial charge is 0.368 e. The Bertz CT molecular complexity index is 183. The van der Waals surface area contributed by atoms with E-state index >= 15 is 0 Å². The van der Waals surface area contributed by atoms with Crippen LogP contribution in [0.15, 0.2) is 0 Å². The lowest BCUT2D eigenvalue weighted by Gasteiger charge is -2.26. The van der Waals surface area contributed by atoms with E-state index in [4.69, 9.17) is 5.73 Å². The highest BCUT2D eigenvalue weighted by Crippen LogP contribution is 1.99. The Hall–Kier alpha value is -0.610. The molecule has 15 heavy (non-hydrogen) atoms. The summed E-state index contributed by atoms with van der Waals surface area (Å²) in [7, 11) is 0. The lowest BCUT2D eigenvalue weighted by molar-refractivity contribution is -0.120. The van der Waals surface area contributed by atoms with Crippen molar-refractivity contribution in [3.63, 3.8) is 0 Å². The summed E-state index contributed by atoms with van der Waals surface area (Å²) in [4.78, 5) is 13.4. The first-order valence-electron chi connectivity index (χ1n) is 5.76. The smallest absolute Gasteiger partial charge is 0.235 e. The van der Waals surface area contributed by atoms with Gasteiger partial charge < -0.3 is 16.0 Å². The van der Waals surface area contributed by atoms with Gasteiger partial charge in [0.15, 0.2) is 0 Å². The third-order valence-electron chi connectivity index (χ3n) is 2.31. The summed E-state index contributed by atoms with van der Waals surface area (Å²) in [6, 6.07) is -0.228. The van der Waals surface area contributed by atoms with Crippen LogP contribution < -0.4 is 11.1 Å². The molecule has 0 aromatic rings. The lowest BCUT2D eigenvalue weighted by atomic mass is 10.2. The Kier molecular flexibility index (Phi) is 7.34. The Balaban J connectivity index is 4.15. The molecule has 90 valence electrons. The Morgan fingerprint density at radius 2 is 1.93 bits per heavy atom. The van der Waals surface area contributed by atoms with Gasteiger partial charge in [-0.3, -0.25) is 4.79 Å². The van der Waals surface area contributed by atoms with Gasteiger partial charge in [0.2, 0.25) is 5.91 Å². The molecular weight excluding hydrogens is 190 g/mol. The van der Waals surface area contributed by atoms with Gasteiger partial charge >= 0.3 is 0 Å². The molecule has 0 fully saturated rings. The predicted molar refractivity (Wildman–Crippen MR) is 63.6 cm³/mol. The Morgan fingerprint density at radius 1 is 1.33 bits per heavy atom. The number of likely N-dealkylation sites (N-methyl/N-ethyl adjacent to an activating group) is 2. The SMILES string of the molecule is CCNC(CN(CC)CC(C)C)C(N)=O. The third-order valence-corrected chi connectivity index (χ3v) is 2.31. The van der Waals surface area contributed by atoms with E-state index in [-0.39, 0.29) is 11.9 Å². The minimum Gasteiger partial charge on any atom is -0.368 e. The highest BCUT2D eigenvalue weighted by molar-refractivity contribution is 5.80. The van der Waals surface area contributed by atoms with Crippen LogP contribution in [0.4, 0.5) is 0 Å². The van der Waals surface area contributed by atoms with E-state index < -0.39 is 0 Å². The van der Waals surface area contributed by atoms with Crippen molar-refractivity contribution in [3.8, 4) is 0 Å². The summed E-state index contributed by atoms with van der Waals surface area (Å²) in [5, 5.41) is 3.10. The van der Waals surface area contributed by atoms with Gasteiger partial charge in [-0.15, -0.1) is 0 Å². The number of carbonyl (C=O) groups excluding carboxylic acids is 1. The summed E-state index contributed by atoms with van der Waals surface area (Å²) in [6.07, 6.45) is 0. The Morgan fingerprint density at radius 3 is 2.27 bits per heavy atom. The fourth-order valence-corrected chi connectivity index (χ4v) is 1.61. The topological polar surface area (TPSA) is 58.4 Å². The van der Waals surface area contributed by atoms with E-state index in [1.165, 1.54) is 0 Å². The molecule has 0 aliphatic rings. The summed E-state index contributed by atoms with van der Waals surface area (Å²) in [5.41, 5.74) is 5.33. The van der Waals surface area contributed by atoms with Crippen LogP contribution in [0.2, 0.25) is 0 Å². The van der Waals surface area contributed by atoms with Crippen molar-refractivity contribution < 1.29 is 4.79 Å². The van der Waals surface area contributed by atoms with Crippen molar-refractivity contribution >= 4 is 5.91 Å². The summed E-state index contributed by atoms with van der Waals surface area (Å²) in [6.45, 7) is 11.9. The maximum Gasteiger partial charge on any atom is 0.235 e. The van der Waals surface area contributed by atoms with Crippen LogP contribution in [0.25, 0.3) is 0 Å². The second-order valence-corrected chi connectivity index (χ2v) is 4.26. The van der Waals surface area contributed by atoms with Gasteiger partial charge in [0, 0.05) is 13.1 Å². The molecule has 0 bridgehead atoms. The number of nitrogens with one attached hydrogen (secondary N) is 1. The maximum absolute atomic E-state index is 11.2. The van der Waals surface area contributed by atoms with Crippen LogP contribution in [0.3, 0.4) is 0 Å². The monoisotopic (exact) mass is 215 g/mol. The second kappa shape index (κ2) is 7.65. The molecule has 3 N–H and O–H groups in total. The predicted octanol–water partition coefficient (Wildman–Crippen LogP) is 0.428. The average Bonchev–Trinajstić information content (AvgIpc) is 2.14. The molecule has 0 aliphatic carbocycles. The van der Waals surface area contributed by atoms with Gasteiger partial charge in [-0.2, -0.15) is 0 Å². The van der Waals surface area contributed by atoms with Crippen LogP contribution >= 0.6 is 0 Å². The molecule has 0 aliphatic heterocycles. The molecule has 0 rings (SSSR count). The Labute approximate surface area is 93.2 Å². The standard InChI is InChI=1S/C11H25N3O/c1-5-13-10(11(12)15)8-14(6-2)7-9(3)4/h9-10,13H,5-8H2,1-4H3,(H2,12,15). The lowest BCUT2D eigenvalue weighted by Crippen LogP contribution is -2.49. The van der Waals surface area contributed by atoms with Crippen molar-refractivity contribution in [1.29, 1.82) is 0 Å². The number of nitrogens with zero attached hydrogens (tertiary/aromatic N) is 1. The molecule has 0 saturated carbocycles. The summed E-state index contributed by atoms with van der Waals surface area (Å²) in [5.74, 6) is 0.346. The molecule has 1 atom stereocenters. The van der Waals surface area contributed by atoms with Crippen molar-refractivity contribution in [2.24, 2.45) is 11.7 Å². The number of amides is 1. The van der Waals surface area contributed by atoms with Crippen LogP contribution in [-0.2, 0) is 4.79 Å². The van der Waals surface area contributed by atoms with E-state index in [0.29, 0.717) is 12.5 Å². The van der Waals surface area contributed by atoms with E-state index in [9.17, 15) is 4.79 Å². The molecular formula is C11H25N3O. The van der Waals surface area contributed by atoms with Gasteiger partial charge in [-0.05, 0) is 19.0 Å². The van der Waals surface area contributed by atoms with E-state index in [0.717, 1.165) is 19.6 Å². The molecule has 0 spiro atoms. The zero-order chi connectivity index (χ0) is 11.8. The van der Waals surface area contributed by atoms with Crippen molar-refractivity contribution in [2.75, 3.05) is 26.2 Å². The molecule has 0 aromatic carbocycles. The molecule has 4 heteroatoms. The highest BCUT2D eigenvalue weighted by atomic mass is 16.1. The molecule has 4 nitrogen and oxygen atoms in total. The van der Waals surface area contributed by atoms with Crippen LogP contribution in [0, 0.1) is 5.92 Å². The summed E-state index contributed by atoms with van der Waals surface area (Å²) < 4.78 is 0. The van der Waals surface area contributed by atoms with Gasteiger partial charge in [-0.25, -0.2) is 0 Å². The summed E-state index contributed by atoms with van der Waals surface area (Å²) >= 11 is 0. The van der Waals surface area contributed by atoms with Gasteiger partial charge in [0.25, 0.3) is 0 Å². The number of primary amides is 1. The quantitative estimate of drug-likeness (QED) is 0.617. The zero-order valence-electron chi connectivity index (χ0n) is 10.4. The van der Waals surface area contributed by atoms with Crippen molar-refractivity contribution in [1.82, 2.24) is 10.2 Å². The van der Waals surface area contributed by atoms with Gasteiger partial charge in [-0.1, -0.05) is 27.7 Å². The third kappa shape index (κ3) is 6.47. The molecule has 1 unspecified atom stereocenters. The van der Waals surface area contributed by atoms with Crippen molar-refractivity contribution in [2.45, 2.75) is 33.7 Å². The van der Waals surface area contributed by atoms with E-state index in [1.54, 1.807) is 0 Å². The fourth-order valence-electron chi connectivity index (χ4n) is 1.61. The number of hydrogen-bond donors (Lipinski definition) is 2. The minimum atomic E-state index is -0.265. The van der Waals surface area contributed by atoms with Gasteiger partial charge in [0.1, 0.15) is 0 Å². The first-order valence-corrected chi connectivity index (χ1v) is 5.76. The van der Waals surface area contributed by atoms with E-state index in [1.807, 2.05) is 6.92 Å². The number of nitrogens with two attached hydrogens (primary N) is 1. The van der Waals surface area contributed by atoms with Crippen molar-refractivity contribution in [3.05, 3.63) is 0 Å².